The predicted octanol–water partition coefficient (Wildman–Crippen LogP) is 3.56. The average molecular weight is 434 g/mol. The van der Waals surface area contributed by atoms with Gasteiger partial charge in [0.2, 0.25) is 0 Å². The highest BCUT2D eigenvalue weighted by Gasteiger charge is 2.46. The number of ether oxygens (including phenoxy) is 1. The Morgan fingerprint density at radius 3 is 2.53 bits per heavy atom. The van der Waals surface area contributed by atoms with Gasteiger partial charge in [0.15, 0.2) is 11.6 Å². The molecule has 0 aliphatic carbocycles. The summed E-state index contributed by atoms with van der Waals surface area (Å²) in [6.45, 7) is 0.0706. The Morgan fingerprint density at radius 1 is 1.12 bits per heavy atom. The van der Waals surface area contributed by atoms with Gasteiger partial charge in [0.1, 0.15) is 11.5 Å². The standard InChI is InChI=1S/C24H19FN2O5/c1-32-19-6-5-16(12-18(19)25)22(29)20-21(15-3-2-4-17(28)11-15)27(24(31)23(20)30)13-14-7-9-26-10-8-14/h2-12,21,28-29H,13H2,1H3/b22-20+. The molecule has 1 unspecified atom stereocenters. The highest BCUT2D eigenvalue weighted by atomic mass is 19.1. The third-order valence-corrected chi connectivity index (χ3v) is 5.25. The Labute approximate surface area is 183 Å². The number of phenols is 1. The second kappa shape index (κ2) is 8.50. The van der Waals surface area contributed by atoms with Crippen molar-refractivity contribution in [1.29, 1.82) is 0 Å². The van der Waals surface area contributed by atoms with Crippen LogP contribution in [0.2, 0.25) is 0 Å². The number of benzene rings is 2. The number of hydrogen-bond donors (Lipinski definition) is 2. The summed E-state index contributed by atoms with van der Waals surface area (Å²) < 4.78 is 19.1. The summed E-state index contributed by atoms with van der Waals surface area (Å²) in [5.41, 5.74) is 0.978. The maximum atomic E-state index is 14.2. The summed E-state index contributed by atoms with van der Waals surface area (Å²) in [6.07, 6.45) is 3.13. The quantitative estimate of drug-likeness (QED) is 0.362. The van der Waals surface area contributed by atoms with Crippen LogP contribution in [0.3, 0.4) is 0 Å². The molecular weight excluding hydrogens is 415 g/mol. The zero-order chi connectivity index (χ0) is 22.8. The van der Waals surface area contributed by atoms with E-state index >= 15 is 0 Å². The number of pyridine rings is 1. The van der Waals surface area contributed by atoms with E-state index in [0.717, 1.165) is 11.6 Å². The van der Waals surface area contributed by atoms with E-state index in [1.165, 1.54) is 36.3 Å². The topological polar surface area (TPSA) is 100.0 Å². The number of halogens is 1. The molecular formula is C24H19FN2O5. The number of amides is 1. The highest BCUT2D eigenvalue weighted by Crippen LogP contribution is 2.41. The number of aromatic hydroxyl groups is 1. The maximum absolute atomic E-state index is 14.2. The van der Waals surface area contributed by atoms with Gasteiger partial charge < -0.3 is 19.8 Å². The van der Waals surface area contributed by atoms with E-state index in [1.54, 1.807) is 36.7 Å². The summed E-state index contributed by atoms with van der Waals surface area (Å²) in [4.78, 5) is 31.2. The molecule has 2 aromatic carbocycles. The van der Waals surface area contributed by atoms with Crippen LogP contribution in [-0.4, -0.2) is 38.9 Å². The van der Waals surface area contributed by atoms with Crippen LogP contribution in [0.5, 0.6) is 11.5 Å². The van der Waals surface area contributed by atoms with Gasteiger partial charge in [0.25, 0.3) is 11.7 Å². The lowest BCUT2D eigenvalue weighted by Gasteiger charge is -2.25. The minimum Gasteiger partial charge on any atom is -0.508 e. The van der Waals surface area contributed by atoms with Gasteiger partial charge >= 0.3 is 0 Å². The van der Waals surface area contributed by atoms with Gasteiger partial charge in [-0.2, -0.15) is 0 Å². The third-order valence-electron chi connectivity index (χ3n) is 5.25. The number of aromatic nitrogens is 1. The Morgan fingerprint density at radius 2 is 1.88 bits per heavy atom. The van der Waals surface area contributed by atoms with E-state index in [1.807, 2.05) is 0 Å². The van der Waals surface area contributed by atoms with Crippen LogP contribution < -0.4 is 4.74 Å². The fourth-order valence-electron chi connectivity index (χ4n) is 3.74. The molecule has 8 heteroatoms. The van der Waals surface area contributed by atoms with E-state index < -0.39 is 29.3 Å². The van der Waals surface area contributed by atoms with E-state index in [-0.39, 0.29) is 29.2 Å². The Hall–Kier alpha value is -4.20. The van der Waals surface area contributed by atoms with Crippen molar-refractivity contribution in [3.8, 4) is 11.5 Å². The molecule has 1 aromatic heterocycles. The average Bonchev–Trinajstić information content (AvgIpc) is 3.04. The second-order valence-corrected chi connectivity index (χ2v) is 7.23. The van der Waals surface area contributed by atoms with Crippen molar-refractivity contribution in [3.05, 3.63) is 95.1 Å². The Kier molecular flexibility index (Phi) is 5.59. The van der Waals surface area contributed by atoms with E-state index in [9.17, 15) is 24.2 Å². The van der Waals surface area contributed by atoms with Crippen molar-refractivity contribution in [3.63, 3.8) is 0 Å². The zero-order valence-electron chi connectivity index (χ0n) is 17.0. The monoisotopic (exact) mass is 434 g/mol. The maximum Gasteiger partial charge on any atom is 0.295 e. The van der Waals surface area contributed by atoms with Crippen LogP contribution in [0.4, 0.5) is 4.39 Å². The van der Waals surface area contributed by atoms with Gasteiger partial charge in [0, 0.05) is 24.5 Å². The number of ketones is 1. The molecule has 0 saturated carbocycles. The zero-order valence-corrected chi connectivity index (χ0v) is 17.0. The first kappa shape index (κ1) is 21.0. The summed E-state index contributed by atoms with van der Waals surface area (Å²) in [6, 6.07) is 12.3. The number of aliphatic hydroxyl groups is 1. The summed E-state index contributed by atoms with van der Waals surface area (Å²) in [5.74, 6) is -3.05. The molecule has 3 aromatic rings. The molecule has 1 aliphatic heterocycles. The first-order chi connectivity index (χ1) is 15.4. The molecule has 2 N–H and O–H groups in total. The minimum atomic E-state index is -0.986. The SMILES string of the molecule is COc1ccc(/C(O)=C2\C(=O)C(=O)N(Cc3ccncc3)C2c2cccc(O)c2)cc1F. The van der Waals surface area contributed by atoms with Crippen LogP contribution in [0.15, 0.2) is 72.6 Å². The van der Waals surface area contributed by atoms with E-state index in [2.05, 4.69) is 4.98 Å². The molecule has 1 atom stereocenters. The molecule has 0 radical (unpaired) electrons. The number of phenolic OH excluding ortho intramolecular Hbond substituents is 1. The summed E-state index contributed by atoms with van der Waals surface area (Å²) in [5, 5.41) is 21.0. The van der Waals surface area contributed by atoms with Gasteiger partial charge in [-0.1, -0.05) is 12.1 Å². The van der Waals surface area contributed by atoms with Crippen LogP contribution in [0.25, 0.3) is 5.76 Å². The van der Waals surface area contributed by atoms with Gasteiger partial charge in [0.05, 0.1) is 18.7 Å². The minimum absolute atomic E-state index is 0.0235. The first-order valence-electron chi connectivity index (χ1n) is 9.71. The van der Waals surface area contributed by atoms with Crippen LogP contribution in [0, 0.1) is 5.82 Å². The number of hydrogen-bond acceptors (Lipinski definition) is 6. The number of carbonyl (C=O) groups is 2. The van der Waals surface area contributed by atoms with Gasteiger partial charge in [-0.05, 0) is 53.6 Å². The molecule has 1 saturated heterocycles. The fourth-order valence-corrected chi connectivity index (χ4v) is 3.74. The Bertz CT molecular complexity index is 1230. The van der Waals surface area contributed by atoms with E-state index in [0.29, 0.717) is 5.56 Å². The molecule has 1 fully saturated rings. The lowest BCUT2D eigenvalue weighted by Crippen LogP contribution is -2.29. The highest BCUT2D eigenvalue weighted by molar-refractivity contribution is 6.46. The molecule has 32 heavy (non-hydrogen) atoms. The summed E-state index contributed by atoms with van der Waals surface area (Å²) in [7, 11) is 1.31. The largest absolute Gasteiger partial charge is 0.508 e. The van der Waals surface area contributed by atoms with Crippen LogP contribution in [0.1, 0.15) is 22.7 Å². The van der Waals surface area contributed by atoms with Crippen LogP contribution in [-0.2, 0) is 16.1 Å². The fraction of sp³-hybridized carbons (Fsp3) is 0.125. The van der Waals surface area contributed by atoms with E-state index in [4.69, 9.17) is 4.74 Å². The molecule has 7 nitrogen and oxygen atoms in total. The van der Waals surface area contributed by atoms with Crippen molar-refractivity contribution in [2.75, 3.05) is 7.11 Å². The Balaban J connectivity index is 1.87. The molecule has 0 spiro atoms. The number of likely N-dealkylation sites (tertiary alicyclic amines) is 1. The number of carbonyl (C=O) groups excluding carboxylic acids is 2. The smallest absolute Gasteiger partial charge is 0.295 e. The first-order valence-corrected chi connectivity index (χ1v) is 9.71. The second-order valence-electron chi connectivity index (χ2n) is 7.23. The number of aliphatic hydroxyl groups excluding tert-OH is 1. The lowest BCUT2D eigenvalue weighted by molar-refractivity contribution is -0.140. The number of rotatable bonds is 5. The molecule has 162 valence electrons. The molecule has 4 rings (SSSR count). The molecule has 2 heterocycles. The van der Waals surface area contributed by atoms with Crippen molar-refractivity contribution < 1.29 is 28.9 Å². The normalized spacial score (nSPS) is 17.6. The van der Waals surface area contributed by atoms with Crippen molar-refractivity contribution in [2.45, 2.75) is 12.6 Å². The summed E-state index contributed by atoms with van der Waals surface area (Å²) >= 11 is 0. The molecule has 0 bridgehead atoms. The van der Waals surface area contributed by atoms with Gasteiger partial charge in [-0.25, -0.2) is 4.39 Å². The predicted molar refractivity (Wildman–Crippen MR) is 113 cm³/mol. The number of methoxy groups -OCH3 is 1. The van der Waals surface area contributed by atoms with Gasteiger partial charge in [-0.15, -0.1) is 0 Å². The number of Topliss-reactive ketones (excluding diaryl/α,β-unsaturated/α-hetero) is 1. The number of nitrogens with zero attached hydrogens (tertiary/aromatic N) is 2. The van der Waals surface area contributed by atoms with Gasteiger partial charge in [-0.3, -0.25) is 14.6 Å². The molecule has 1 aliphatic rings. The van der Waals surface area contributed by atoms with Crippen LogP contribution >= 0.6 is 0 Å². The lowest BCUT2D eigenvalue weighted by atomic mass is 9.95. The van der Waals surface area contributed by atoms with Crippen molar-refractivity contribution in [2.24, 2.45) is 0 Å². The third kappa shape index (κ3) is 3.78. The van der Waals surface area contributed by atoms with Crippen molar-refractivity contribution >= 4 is 17.4 Å². The molecule has 1 amide bonds. The van der Waals surface area contributed by atoms with Crippen molar-refractivity contribution in [1.82, 2.24) is 9.88 Å².